The van der Waals surface area contributed by atoms with Gasteiger partial charge in [0, 0.05) is 29.6 Å². The van der Waals surface area contributed by atoms with Crippen LogP contribution in [0.1, 0.15) is 31.4 Å². The smallest absolute Gasteiger partial charge is 0.338 e. The van der Waals surface area contributed by atoms with E-state index in [1.54, 1.807) is 31.2 Å². The highest BCUT2D eigenvalue weighted by Gasteiger charge is 2.34. The molecule has 9 heteroatoms. The Balaban J connectivity index is 1.88. The van der Waals surface area contributed by atoms with E-state index < -0.39 is 12.0 Å². The van der Waals surface area contributed by atoms with Gasteiger partial charge in [-0.15, -0.1) is 0 Å². The number of carbonyl (C=O) groups excluding carboxylic acids is 2. The van der Waals surface area contributed by atoms with Gasteiger partial charge in [0.2, 0.25) is 0 Å². The van der Waals surface area contributed by atoms with Crippen molar-refractivity contribution in [3.63, 3.8) is 0 Å². The Labute approximate surface area is 179 Å². The lowest BCUT2D eigenvalue weighted by molar-refractivity contribution is -0.139. The Morgan fingerprint density at radius 1 is 1.32 bits per heavy atom. The fraction of sp³-hybridized carbons (Fsp3) is 0.421. The van der Waals surface area contributed by atoms with Gasteiger partial charge < -0.3 is 20.3 Å². The van der Waals surface area contributed by atoms with Gasteiger partial charge in [0.1, 0.15) is 4.32 Å². The average Bonchev–Trinajstić information content (AvgIpc) is 3.21. The van der Waals surface area contributed by atoms with Crippen LogP contribution in [0, 0.1) is 0 Å². The van der Waals surface area contributed by atoms with E-state index in [4.69, 9.17) is 28.6 Å². The maximum atomic E-state index is 12.7. The van der Waals surface area contributed by atoms with Crippen molar-refractivity contribution >= 4 is 51.9 Å². The topological polar surface area (TPSA) is 70.7 Å². The fourth-order valence-corrected chi connectivity index (χ4v) is 4.56. The van der Waals surface area contributed by atoms with Gasteiger partial charge in [0.25, 0.3) is 0 Å². The second-order valence-corrected chi connectivity index (χ2v) is 8.49. The first-order valence-electron chi connectivity index (χ1n) is 9.14. The number of hydrogen-bond donors (Lipinski definition) is 2. The first-order valence-corrected chi connectivity index (χ1v) is 10.9. The van der Waals surface area contributed by atoms with E-state index in [1.807, 2.05) is 0 Å². The number of benzene rings is 1. The molecule has 1 fully saturated rings. The first-order chi connectivity index (χ1) is 13.5. The van der Waals surface area contributed by atoms with Crippen LogP contribution in [0.5, 0.6) is 0 Å². The minimum atomic E-state index is -0.610. The quantitative estimate of drug-likeness (QED) is 0.539. The molecule has 0 radical (unpaired) electrons. The number of urea groups is 1. The number of ether oxygens (including phenoxy) is 1. The normalized spacial score (nSPS) is 19.3. The Morgan fingerprint density at radius 2 is 2.00 bits per heavy atom. The van der Waals surface area contributed by atoms with Crippen LogP contribution in [-0.4, -0.2) is 46.7 Å². The zero-order valence-corrected chi connectivity index (χ0v) is 17.9. The summed E-state index contributed by atoms with van der Waals surface area (Å²) in [6, 6.07) is 6.06. The number of amides is 2. The molecular formula is C19H22ClN3O3S2. The minimum Gasteiger partial charge on any atom is -0.463 e. The summed E-state index contributed by atoms with van der Waals surface area (Å²) >= 11 is 12.9. The average molecular weight is 440 g/mol. The molecule has 0 aliphatic carbocycles. The minimum absolute atomic E-state index is 0.246. The summed E-state index contributed by atoms with van der Waals surface area (Å²) in [7, 11) is 0. The van der Waals surface area contributed by atoms with Crippen molar-refractivity contribution in [2.45, 2.75) is 25.8 Å². The second-order valence-electron chi connectivity index (χ2n) is 6.44. The van der Waals surface area contributed by atoms with Crippen molar-refractivity contribution < 1.29 is 14.3 Å². The summed E-state index contributed by atoms with van der Waals surface area (Å²) in [5.74, 6) is -0.0706. The molecule has 150 valence electrons. The Kier molecular flexibility index (Phi) is 7.20. The molecule has 2 heterocycles. The lowest BCUT2D eigenvalue weighted by atomic mass is 9.95. The van der Waals surface area contributed by atoms with Crippen LogP contribution < -0.4 is 10.6 Å². The largest absolute Gasteiger partial charge is 0.463 e. The van der Waals surface area contributed by atoms with Gasteiger partial charge >= 0.3 is 12.0 Å². The highest BCUT2D eigenvalue weighted by Crippen LogP contribution is 2.30. The Bertz CT molecular complexity index is 792. The van der Waals surface area contributed by atoms with E-state index in [-0.39, 0.29) is 12.6 Å². The molecule has 6 nitrogen and oxygen atoms in total. The molecule has 2 N–H and O–H groups in total. The van der Waals surface area contributed by atoms with Crippen LogP contribution in [0.2, 0.25) is 5.02 Å². The van der Waals surface area contributed by atoms with Gasteiger partial charge in [-0.3, -0.25) is 0 Å². The summed E-state index contributed by atoms with van der Waals surface area (Å²) in [4.78, 5) is 27.1. The van der Waals surface area contributed by atoms with Gasteiger partial charge in [0.15, 0.2) is 0 Å². The van der Waals surface area contributed by atoms with E-state index in [0.717, 1.165) is 35.8 Å². The highest BCUT2D eigenvalue weighted by atomic mass is 35.5. The van der Waals surface area contributed by atoms with Crippen molar-refractivity contribution in [3.05, 3.63) is 46.1 Å². The predicted molar refractivity (Wildman–Crippen MR) is 115 cm³/mol. The zero-order chi connectivity index (χ0) is 20.1. The zero-order valence-electron chi connectivity index (χ0n) is 15.5. The van der Waals surface area contributed by atoms with E-state index in [2.05, 4.69) is 15.5 Å². The molecule has 28 heavy (non-hydrogen) atoms. The molecular weight excluding hydrogens is 418 g/mol. The summed E-state index contributed by atoms with van der Waals surface area (Å²) in [6.45, 7) is 3.91. The molecule has 2 aliphatic heterocycles. The van der Waals surface area contributed by atoms with Crippen LogP contribution >= 0.6 is 35.6 Å². The molecule has 1 aromatic rings. The van der Waals surface area contributed by atoms with Crippen molar-refractivity contribution in [2.24, 2.45) is 0 Å². The van der Waals surface area contributed by atoms with E-state index >= 15 is 0 Å². The third kappa shape index (κ3) is 4.98. The second kappa shape index (κ2) is 9.62. The summed E-state index contributed by atoms with van der Waals surface area (Å²) in [6.07, 6.45) is 2.27. The lowest BCUT2D eigenvalue weighted by Crippen LogP contribution is -2.46. The third-order valence-corrected chi connectivity index (χ3v) is 6.36. The van der Waals surface area contributed by atoms with Crippen LogP contribution in [-0.2, 0) is 9.53 Å². The number of esters is 1. The molecule has 0 spiro atoms. The maximum Gasteiger partial charge on any atom is 0.338 e. The molecule has 1 saturated heterocycles. The van der Waals surface area contributed by atoms with Crippen molar-refractivity contribution in [3.8, 4) is 0 Å². The molecule has 2 aliphatic rings. The molecule has 0 aromatic heterocycles. The molecule has 2 amide bonds. The van der Waals surface area contributed by atoms with Gasteiger partial charge in [-0.05, 0) is 37.5 Å². The number of thioether (sulfide) groups is 1. The fourth-order valence-electron chi connectivity index (χ4n) is 3.21. The van der Waals surface area contributed by atoms with Crippen LogP contribution in [0.25, 0.3) is 0 Å². The number of hydrogen-bond acceptors (Lipinski definition) is 5. The number of likely N-dealkylation sites (tertiary alicyclic amines) is 1. The number of rotatable bonds is 5. The number of halogens is 1. The standard InChI is InChI=1S/C19H22ClN3O3S2/c1-2-26-17(24)15-14(11-28-19(27)23-9-3-4-10-23)21-18(25)22-16(15)12-5-7-13(20)8-6-12/h5-8,16H,2-4,9-11H2,1H3,(H2,21,22,25). The number of thiocarbonyl (C=S) groups is 1. The van der Waals surface area contributed by atoms with E-state index in [9.17, 15) is 9.59 Å². The predicted octanol–water partition coefficient (Wildman–Crippen LogP) is 3.63. The van der Waals surface area contributed by atoms with Crippen LogP contribution in [0.4, 0.5) is 4.79 Å². The lowest BCUT2D eigenvalue weighted by Gasteiger charge is -2.29. The molecule has 1 aromatic carbocycles. The maximum absolute atomic E-state index is 12.7. The molecule has 3 rings (SSSR count). The monoisotopic (exact) mass is 439 g/mol. The van der Waals surface area contributed by atoms with Gasteiger partial charge in [0.05, 0.1) is 18.2 Å². The summed E-state index contributed by atoms with van der Waals surface area (Å²) < 4.78 is 6.04. The summed E-state index contributed by atoms with van der Waals surface area (Å²) in [5.41, 5.74) is 1.67. The van der Waals surface area contributed by atoms with E-state index in [1.165, 1.54) is 11.8 Å². The number of nitrogens with one attached hydrogen (secondary N) is 2. The Hall–Kier alpha value is -1.77. The first kappa shape index (κ1) is 21.0. The van der Waals surface area contributed by atoms with Gasteiger partial charge in [-0.1, -0.05) is 47.7 Å². The van der Waals surface area contributed by atoms with Crippen LogP contribution in [0.3, 0.4) is 0 Å². The molecule has 0 bridgehead atoms. The van der Waals surface area contributed by atoms with Gasteiger partial charge in [-0.25, -0.2) is 9.59 Å². The van der Waals surface area contributed by atoms with Gasteiger partial charge in [-0.2, -0.15) is 0 Å². The molecule has 0 saturated carbocycles. The molecule has 1 unspecified atom stereocenters. The third-order valence-electron chi connectivity index (χ3n) is 4.56. The van der Waals surface area contributed by atoms with Crippen LogP contribution in [0.15, 0.2) is 35.5 Å². The summed E-state index contributed by atoms with van der Waals surface area (Å²) in [5, 5.41) is 6.16. The Morgan fingerprint density at radius 3 is 2.64 bits per heavy atom. The van der Waals surface area contributed by atoms with Crippen molar-refractivity contribution in [1.82, 2.24) is 15.5 Å². The van der Waals surface area contributed by atoms with E-state index in [0.29, 0.717) is 22.0 Å². The highest BCUT2D eigenvalue weighted by molar-refractivity contribution is 8.23. The molecule has 1 atom stereocenters. The number of carbonyl (C=O) groups is 2. The van der Waals surface area contributed by atoms with Crippen molar-refractivity contribution in [2.75, 3.05) is 25.4 Å². The number of nitrogens with zero attached hydrogens (tertiary/aromatic N) is 1. The SMILES string of the molecule is CCOC(=O)C1=C(CSC(=S)N2CCCC2)NC(=O)NC1c1ccc(Cl)cc1. The van der Waals surface area contributed by atoms with Crippen molar-refractivity contribution in [1.29, 1.82) is 0 Å².